The predicted octanol–water partition coefficient (Wildman–Crippen LogP) is 2.33. The zero-order valence-electron chi connectivity index (χ0n) is 12.1. The first-order valence-corrected chi connectivity index (χ1v) is 7.89. The van der Waals surface area contributed by atoms with Crippen molar-refractivity contribution in [3.8, 4) is 0 Å². The number of alkyl halides is 3. The largest absolute Gasteiger partial charge is 0.402 e. The molecular formula is C13H19F3N2O2S. The van der Waals surface area contributed by atoms with Gasteiger partial charge in [0.1, 0.15) is 6.54 Å². The fraction of sp³-hybridized carbons (Fsp3) is 0.538. The quantitative estimate of drug-likeness (QED) is 0.844. The lowest BCUT2D eigenvalue weighted by Crippen LogP contribution is -2.33. The molecule has 0 aliphatic rings. The Morgan fingerprint density at radius 1 is 1.24 bits per heavy atom. The Labute approximate surface area is 122 Å². The SMILES string of the molecule is Cc1ccc(S(=O)(=O)NCC(F)(F)F)cc1CNC(C)C. The maximum atomic E-state index is 12.1. The molecule has 1 rings (SSSR count). The van der Waals surface area contributed by atoms with Crippen LogP contribution in [0.3, 0.4) is 0 Å². The van der Waals surface area contributed by atoms with Gasteiger partial charge in [-0.1, -0.05) is 19.9 Å². The maximum Gasteiger partial charge on any atom is 0.402 e. The average Bonchev–Trinajstić information content (AvgIpc) is 2.34. The van der Waals surface area contributed by atoms with Gasteiger partial charge in [-0.2, -0.15) is 13.2 Å². The summed E-state index contributed by atoms with van der Waals surface area (Å²) in [7, 11) is -4.17. The fourth-order valence-electron chi connectivity index (χ4n) is 1.58. The molecule has 0 heterocycles. The molecule has 0 radical (unpaired) electrons. The van der Waals surface area contributed by atoms with E-state index in [1.54, 1.807) is 10.8 Å². The highest BCUT2D eigenvalue weighted by Crippen LogP contribution is 2.18. The Morgan fingerprint density at radius 3 is 2.38 bits per heavy atom. The second-order valence-electron chi connectivity index (χ2n) is 5.06. The van der Waals surface area contributed by atoms with Gasteiger partial charge in [-0.25, -0.2) is 13.1 Å². The lowest BCUT2D eigenvalue weighted by atomic mass is 10.1. The van der Waals surface area contributed by atoms with Crippen LogP contribution in [0.25, 0.3) is 0 Å². The van der Waals surface area contributed by atoms with E-state index >= 15 is 0 Å². The smallest absolute Gasteiger partial charge is 0.310 e. The van der Waals surface area contributed by atoms with E-state index in [9.17, 15) is 21.6 Å². The van der Waals surface area contributed by atoms with Crippen molar-refractivity contribution in [2.75, 3.05) is 6.54 Å². The third-order valence-corrected chi connectivity index (χ3v) is 4.19. The zero-order valence-corrected chi connectivity index (χ0v) is 12.9. The van der Waals surface area contributed by atoms with Gasteiger partial charge in [0.05, 0.1) is 4.90 Å². The van der Waals surface area contributed by atoms with E-state index in [2.05, 4.69) is 5.32 Å². The first-order chi connectivity index (χ1) is 9.51. The number of hydrogen-bond acceptors (Lipinski definition) is 3. The fourth-order valence-corrected chi connectivity index (χ4v) is 2.64. The maximum absolute atomic E-state index is 12.1. The predicted molar refractivity (Wildman–Crippen MR) is 74.4 cm³/mol. The van der Waals surface area contributed by atoms with Crippen molar-refractivity contribution in [1.29, 1.82) is 0 Å². The summed E-state index contributed by atoms with van der Waals surface area (Å²) in [4.78, 5) is -0.169. The van der Waals surface area contributed by atoms with Crippen molar-refractivity contribution in [2.24, 2.45) is 0 Å². The van der Waals surface area contributed by atoms with Crippen LogP contribution in [0.5, 0.6) is 0 Å². The summed E-state index contributed by atoms with van der Waals surface area (Å²) in [5.41, 5.74) is 1.61. The number of aryl methyl sites for hydroxylation is 1. The summed E-state index contributed by atoms with van der Waals surface area (Å²) in [6.45, 7) is 4.58. The highest BCUT2D eigenvalue weighted by atomic mass is 32.2. The van der Waals surface area contributed by atoms with Crippen molar-refractivity contribution in [3.63, 3.8) is 0 Å². The van der Waals surface area contributed by atoms with E-state index in [0.29, 0.717) is 6.54 Å². The molecule has 0 aliphatic carbocycles. The molecule has 0 atom stereocenters. The molecule has 0 unspecified atom stereocenters. The van der Waals surface area contributed by atoms with E-state index in [-0.39, 0.29) is 10.9 Å². The van der Waals surface area contributed by atoms with Crippen molar-refractivity contribution in [1.82, 2.24) is 10.0 Å². The van der Waals surface area contributed by atoms with Crippen molar-refractivity contribution >= 4 is 10.0 Å². The van der Waals surface area contributed by atoms with Crippen LogP contribution < -0.4 is 10.0 Å². The minimum Gasteiger partial charge on any atom is -0.310 e. The number of benzene rings is 1. The molecule has 0 bridgehead atoms. The van der Waals surface area contributed by atoms with Gasteiger partial charge >= 0.3 is 6.18 Å². The molecule has 1 aromatic rings. The van der Waals surface area contributed by atoms with Gasteiger partial charge in [0.15, 0.2) is 0 Å². The lowest BCUT2D eigenvalue weighted by Gasteiger charge is -2.13. The van der Waals surface area contributed by atoms with Crippen LogP contribution in [0.2, 0.25) is 0 Å². The van der Waals surface area contributed by atoms with Gasteiger partial charge in [0.25, 0.3) is 0 Å². The van der Waals surface area contributed by atoms with Crippen LogP contribution in [-0.4, -0.2) is 27.2 Å². The summed E-state index contributed by atoms with van der Waals surface area (Å²) in [5.74, 6) is 0. The second-order valence-corrected chi connectivity index (χ2v) is 6.83. The Bertz CT molecular complexity index is 584. The average molecular weight is 324 g/mol. The molecule has 0 fully saturated rings. The standard InChI is InChI=1S/C13H19F3N2O2S/c1-9(2)17-7-11-6-12(5-4-10(11)3)21(19,20)18-8-13(14,15)16/h4-6,9,17-18H,7-8H2,1-3H3. The van der Waals surface area contributed by atoms with Crippen molar-refractivity contribution in [3.05, 3.63) is 29.3 Å². The normalized spacial score (nSPS) is 12.9. The molecule has 0 spiro atoms. The third-order valence-electron chi connectivity index (χ3n) is 2.79. The van der Waals surface area contributed by atoms with Gasteiger partial charge in [-0.05, 0) is 30.2 Å². The van der Waals surface area contributed by atoms with Crippen LogP contribution in [0, 0.1) is 6.92 Å². The minimum absolute atomic E-state index is 0.169. The number of halogens is 3. The Kier molecular flexibility index (Phi) is 5.77. The van der Waals surface area contributed by atoms with Crippen molar-refractivity contribution < 1.29 is 21.6 Å². The van der Waals surface area contributed by atoms with Gasteiger partial charge in [-0.15, -0.1) is 0 Å². The minimum atomic E-state index is -4.58. The van der Waals surface area contributed by atoms with Gasteiger partial charge < -0.3 is 5.32 Å². The van der Waals surface area contributed by atoms with Crippen LogP contribution >= 0.6 is 0 Å². The van der Waals surface area contributed by atoms with Crippen LogP contribution in [-0.2, 0) is 16.6 Å². The highest BCUT2D eigenvalue weighted by molar-refractivity contribution is 7.89. The summed E-state index contributed by atoms with van der Waals surface area (Å²) in [5, 5.41) is 3.14. The lowest BCUT2D eigenvalue weighted by molar-refractivity contribution is -0.121. The summed E-state index contributed by atoms with van der Waals surface area (Å²) >= 11 is 0. The molecule has 8 heteroatoms. The van der Waals surface area contributed by atoms with Crippen LogP contribution in [0.15, 0.2) is 23.1 Å². The zero-order chi connectivity index (χ0) is 16.3. The van der Waals surface area contributed by atoms with E-state index in [4.69, 9.17) is 0 Å². The van der Waals surface area contributed by atoms with Gasteiger partial charge in [0.2, 0.25) is 10.0 Å². The molecule has 1 aromatic carbocycles. The topological polar surface area (TPSA) is 58.2 Å². The van der Waals surface area contributed by atoms with Gasteiger partial charge in [0, 0.05) is 12.6 Å². The Morgan fingerprint density at radius 2 is 1.86 bits per heavy atom. The van der Waals surface area contributed by atoms with E-state index < -0.39 is 22.7 Å². The molecular weight excluding hydrogens is 305 g/mol. The molecule has 21 heavy (non-hydrogen) atoms. The number of nitrogens with one attached hydrogen (secondary N) is 2. The molecule has 4 nitrogen and oxygen atoms in total. The first-order valence-electron chi connectivity index (χ1n) is 6.40. The molecule has 0 saturated heterocycles. The molecule has 0 aliphatic heterocycles. The third kappa shape index (κ3) is 6.03. The monoisotopic (exact) mass is 324 g/mol. The number of rotatable bonds is 6. The van der Waals surface area contributed by atoms with Crippen molar-refractivity contribution in [2.45, 2.75) is 44.4 Å². The molecule has 120 valence electrons. The highest BCUT2D eigenvalue weighted by Gasteiger charge is 2.30. The summed E-state index contributed by atoms with van der Waals surface area (Å²) < 4.78 is 61.6. The molecule has 0 saturated carbocycles. The summed E-state index contributed by atoms with van der Waals surface area (Å²) in [6, 6.07) is 4.49. The number of hydrogen-bond donors (Lipinski definition) is 2. The molecule has 2 N–H and O–H groups in total. The Hall–Kier alpha value is -1.12. The van der Waals surface area contributed by atoms with E-state index in [1.165, 1.54) is 12.1 Å². The van der Waals surface area contributed by atoms with Crippen LogP contribution in [0.4, 0.5) is 13.2 Å². The van der Waals surface area contributed by atoms with E-state index in [0.717, 1.165) is 11.1 Å². The van der Waals surface area contributed by atoms with E-state index in [1.807, 2.05) is 20.8 Å². The summed E-state index contributed by atoms with van der Waals surface area (Å²) in [6.07, 6.45) is -4.58. The first kappa shape index (κ1) is 17.9. The van der Waals surface area contributed by atoms with Crippen LogP contribution in [0.1, 0.15) is 25.0 Å². The molecule has 0 aromatic heterocycles. The Balaban J connectivity index is 2.94. The van der Waals surface area contributed by atoms with Gasteiger partial charge in [-0.3, -0.25) is 0 Å². The second kappa shape index (κ2) is 6.76. The number of sulfonamides is 1. The molecule has 0 amide bonds.